The van der Waals surface area contributed by atoms with Gasteiger partial charge in [0.05, 0.1) is 121 Å². The van der Waals surface area contributed by atoms with Crippen LogP contribution in [0.1, 0.15) is 82.8 Å². The van der Waals surface area contributed by atoms with Crippen LogP contribution in [0.4, 0.5) is 36.6 Å². The summed E-state index contributed by atoms with van der Waals surface area (Å²) in [6, 6.07) is 4.17. The Morgan fingerprint density at radius 2 is 0.947 bits per heavy atom. The first kappa shape index (κ1) is 96.7. The van der Waals surface area contributed by atoms with Gasteiger partial charge in [0.25, 0.3) is 45.1 Å². The van der Waals surface area contributed by atoms with Gasteiger partial charge in [0.2, 0.25) is 5.95 Å². The van der Waals surface area contributed by atoms with Gasteiger partial charge in [0, 0.05) is 94.3 Å². The molecule has 0 spiro atoms. The van der Waals surface area contributed by atoms with Crippen LogP contribution in [-0.2, 0) is 104 Å². The number of imidazole rings is 3. The Morgan fingerprint density at radius 3 is 1.42 bits per heavy atom. The number of anilines is 4. The van der Waals surface area contributed by atoms with Gasteiger partial charge in [-0.1, -0.05) is 0 Å². The smallest absolute Gasteiger partial charge is 0.394 e. The number of ether oxygens (including phenoxy) is 6. The number of halogens is 3. The first-order chi connectivity index (χ1) is 62.8. The summed E-state index contributed by atoms with van der Waals surface area (Å²) in [5.74, 6) is -1.30. The number of aromatic amines is 3. The number of alkyl halides is 3. The van der Waals surface area contributed by atoms with E-state index in [9.17, 15) is 61.6 Å². The van der Waals surface area contributed by atoms with Crippen molar-refractivity contribution in [2.75, 3.05) is 135 Å². The van der Waals surface area contributed by atoms with Crippen molar-refractivity contribution in [1.29, 1.82) is 0 Å². The topological polar surface area (TPSA) is 661 Å². The minimum Gasteiger partial charge on any atom is -0.394 e. The number of fused-ring (bicyclic) bond motifs is 3. The Labute approximate surface area is 757 Å². The van der Waals surface area contributed by atoms with E-state index in [4.69, 9.17) is 107 Å². The number of carbonyl (C=O) groups excluding carboxylic acids is 1. The molecule has 6 saturated heterocycles. The van der Waals surface area contributed by atoms with Gasteiger partial charge in [-0.05, 0) is 74.2 Å². The van der Waals surface area contributed by atoms with Gasteiger partial charge in [-0.2, -0.15) is 23.1 Å². The molecule has 15 heterocycles. The number of H-pyrrole nitrogens is 3. The van der Waals surface area contributed by atoms with Crippen LogP contribution >= 0.6 is 36.0 Å². The van der Waals surface area contributed by atoms with Crippen LogP contribution in [-0.4, -0.2) is 288 Å². The first-order valence-electron chi connectivity index (χ1n) is 40.6. The number of rotatable bonds is 30. The van der Waals surface area contributed by atoms with Crippen molar-refractivity contribution in [2.45, 2.75) is 126 Å². The molecule has 9 aromatic heterocycles. The second-order valence-electron chi connectivity index (χ2n) is 32.2. The van der Waals surface area contributed by atoms with Gasteiger partial charge in [-0.3, -0.25) is 75.2 Å². The maximum absolute atomic E-state index is 15.8. The summed E-state index contributed by atoms with van der Waals surface area (Å²) in [4.78, 5) is 162. The van der Waals surface area contributed by atoms with Crippen molar-refractivity contribution < 1.29 is 107 Å². The summed E-state index contributed by atoms with van der Waals surface area (Å²) in [5, 5.41) is 10.3. The summed E-state index contributed by atoms with van der Waals surface area (Å²) in [6.45, 7) is -6.85. The molecule has 718 valence electrons. The molecule has 0 aliphatic carbocycles. The Morgan fingerprint density at radius 1 is 0.511 bits per heavy atom. The monoisotopic (exact) mass is 2000 g/mol. The fourth-order valence-corrected chi connectivity index (χ4v) is 23.5. The third kappa shape index (κ3) is 21.4. The van der Waals surface area contributed by atoms with Crippen molar-refractivity contribution in [3.63, 3.8) is 0 Å². The molecule has 62 heteroatoms. The maximum Gasteiger partial charge on any atom is 0.416 e. The second kappa shape index (κ2) is 38.3. The molecule has 52 nitrogen and oxygen atoms in total. The molecule has 19 atom stereocenters. The van der Waals surface area contributed by atoms with E-state index in [1.165, 1.54) is 136 Å². The molecule has 6 unspecified atom stereocenters. The lowest BCUT2D eigenvalue weighted by molar-refractivity contribution is -0.137. The number of nitrogens with one attached hydrogen (secondary N) is 3. The number of morpholine rings is 4. The largest absolute Gasteiger partial charge is 0.416 e. The number of carbonyl (C=O) groups is 1. The third-order valence-corrected chi connectivity index (χ3v) is 31.8. The predicted octanol–water partition coefficient (Wildman–Crippen LogP) is 1.39. The van der Waals surface area contributed by atoms with E-state index >= 15 is 13.7 Å². The zero-order valence-electron chi connectivity index (χ0n) is 71.0. The number of hydrogen-bond acceptors (Lipinski definition) is 39. The Bertz CT molecular complexity index is 6770. The van der Waals surface area contributed by atoms with Gasteiger partial charge in [0.15, 0.2) is 40.3 Å². The maximum atomic E-state index is 15.8. The molecule has 6 aliphatic heterocycles. The number of nitrogens with zero attached hydrogens (tertiary/aromatic N) is 19. The number of hydrogen-bond donors (Lipinski definition) is 10. The summed E-state index contributed by atoms with van der Waals surface area (Å²) in [6.07, 6.45) is -12.5. The average molecular weight is 2000 g/mol. The van der Waals surface area contributed by atoms with Gasteiger partial charge < -0.3 is 103 Å². The van der Waals surface area contributed by atoms with E-state index in [0.29, 0.717) is 6.07 Å². The number of aromatic nitrogens is 18. The van der Waals surface area contributed by atoms with E-state index in [1.54, 1.807) is 0 Å². The zero-order valence-corrected chi connectivity index (χ0v) is 77.2. The highest BCUT2D eigenvalue weighted by atomic mass is 32.5. The average Bonchev–Trinajstić information content (AvgIpc) is 1.65. The first-order valence-corrected chi connectivity index (χ1v) is 51.9. The molecule has 16 rings (SSSR count). The lowest BCUT2D eigenvalue weighted by Crippen LogP contribution is -2.51. The van der Waals surface area contributed by atoms with E-state index in [2.05, 4.69) is 59.8 Å². The van der Waals surface area contributed by atoms with Gasteiger partial charge in [0.1, 0.15) is 79.0 Å². The molecule has 1 aromatic carbocycles. The van der Waals surface area contributed by atoms with Gasteiger partial charge in [-0.25, -0.2) is 63.3 Å². The van der Waals surface area contributed by atoms with Crippen molar-refractivity contribution >= 4 is 122 Å². The summed E-state index contributed by atoms with van der Waals surface area (Å²) >= 11 is 11.1. The molecule has 6 aliphatic rings. The minimum atomic E-state index is -4.82. The van der Waals surface area contributed by atoms with E-state index in [-0.39, 0.29) is 144 Å². The number of aliphatic hydroxyl groups excluding tert-OH is 1. The normalized spacial score (nSPS) is 26.6. The predicted molar refractivity (Wildman–Crippen MR) is 467 cm³/mol. The van der Waals surface area contributed by atoms with Crippen molar-refractivity contribution in [2.24, 2.45) is 0 Å². The molecule has 133 heavy (non-hydrogen) atoms. The van der Waals surface area contributed by atoms with Crippen LogP contribution in [0.3, 0.4) is 0 Å². The molecular weight excluding hydrogens is 1910 g/mol. The highest BCUT2D eigenvalue weighted by molar-refractivity contribution is 8.07. The third-order valence-electron chi connectivity index (χ3n) is 22.7. The second-order valence-corrected chi connectivity index (χ2v) is 45.1. The Kier molecular flexibility index (Phi) is 27.8. The fourth-order valence-electron chi connectivity index (χ4n) is 16.0. The quantitative estimate of drug-likeness (QED) is 0.0284. The van der Waals surface area contributed by atoms with Crippen molar-refractivity contribution in [1.82, 2.24) is 106 Å². The van der Waals surface area contributed by atoms with Crippen LogP contribution < -0.4 is 56.7 Å². The number of nitrogen functional groups attached to an aromatic ring is 4. The van der Waals surface area contributed by atoms with Gasteiger partial charge in [-0.15, -0.1) is 0 Å². The zero-order chi connectivity index (χ0) is 95.0. The number of aryl methyl sites for hydroxylation is 3. The Balaban J connectivity index is 0.629. The Hall–Kier alpha value is -9.40. The molecule has 0 bridgehead atoms. The number of amides is 1. The van der Waals surface area contributed by atoms with Crippen LogP contribution in [0.25, 0.3) is 33.5 Å². The van der Waals surface area contributed by atoms with Crippen LogP contribution in [0, 0.1) is 20.8 Å². The summed E-state index contributed by atoms with van der Waals surface area (Å²) < 4.78 is 183. The lowest BCUT2D eigenvalue weighted by Gasteiger charge is -2.43. The number of aliphatic hydroxyl groups is 1. The lowest BCUT2D eigenvalue weighted by atomic mass is 10.0. The van der Waals surface area contributed by atoms with Crippen molar-refractivity contribution in [3.05, 3.63) is 165 Å². The van der Waals surface area contributed by atoms with Crippen LogP contribution in [0.5, 0.6) is 0 Å². The molecule has 0 saturated carbocycles. The molecule has 6 fully saturated rings. The molecule has 10 aromatic rings. The fraction of sp³-hybridized carbons (Fsp3) is 0.521. The number of benzene rings is 1. The summed E-state index contributed by atoms with van der Waals surface area (Å²) in [7, 11) is -12.7. The van der Waals surface area contributed by atoms with Crippen LogP contribution in [0.15, 0.2) is 103 Å². The molecule has 0 radical (unpaired) electrons. The van der Waals surface area contributed by atoms with Crippen molar-refractivity contribution in [3.8, 4) is 0 Å². The minimum absolute atomic E-state index is 0.00472. The molecule has 1 amide bonds. The van der Waals surface area contributed by atoms with E-state index < -0.39 is 213 Å². The highest BCUT2D eigenvalue weighted by Crippen LogP contribution is 2.57. The molecular formula is C71H90F3N26O26P5S2. The van der Waals surface area contributed by atoms with Crippen LogP contribution in [0.2, 0.25) is 0 Å². The number of nitrogens with two attached hydrogens (primary N) is 4. The summed E-state index contributed by atoms with van der Waals surface area (Å²) in [5.41, 5.74) is 19.1. The van der Waals surface area contributed by atoms with E-state index in [0.717, 1.165) is 19.8 Å². The standard InChI is InChI=1S/C71H90F3N26O26P5S2/c1-35-9-38(11-39(10-35)71(72,73)74)66(105)91-16-40(119-51(20-91)95-8-7-48(75)86-68(95)106)25-114-127(4,109)92-17-41(120-52(21-92)98-32-83-55-58(76)79-30-81-60(55)98)26-115-128(5,110)93-18-42(121-54(23-93)100-34-85-57-62(100)87-67(78)88-65(57)104)27-116-129(6,111)94-19-43(122-53(22-94)99-33-84-56-59(77)80-31-82-61(56)99)28-117-130(112,132)126-45-13-50(97-15-37(3)64(103)90-70(97)108)124-47(45)29-118-131(113,133)125-44-12-49(123-46(44)24-101)96-14-36(2)63(102)89-69(96)107/h7-11,14-15,30-34,40-47,49-54,101H,12-13,16-29H2,1-6H3,(H,112,132)(H,113,133)(H2,75,86,106)(H2,76,79,81)(H2,77,80,82)(H,89,102,107)(H,90,103,108)(H3,78,87,88,104)/t40?,41?,42-,43-,44?,45?,46+,47+,49+,50+,51+,52+,53+,54+,127-,128-,129-,130?,131?/m0/s1. The van der Waals surface area contributed by atoms with E-state index in [1.807, 2.05) is 0 Å². The SMILES string of the molecule is Cc1cc(C(=O)N2CC(CO[P@](C)(=O)N3CC(CO[P@](C)(=O)N4C[C@@H](CO[P@](C)(=O)N5C[C@@H](COP(O)(=S)OC6C[C@H](n7cc(C)c(=O)[nH]c7=O)O[C@@H]6COP(O)(=S)OC6C[C@H](n7cc(C)c(=O)[nH]c7=O)O[C@@H]6CO)O[C@@H](n6cnc7c(N)ncnc76)C5)O[C@@H](n5cnc6c(=O)[nH]c(N)nc65)C4)O[C@@H](n4cnc5c(N)ncnc54)C3)O[C@@H](n3ccc(N)nc3=O)C2)cc(C(F)(F)F)c1. The highest BCUT2D eigenvalue weighted by Gasteiger charge is 2.49. The van der Waals surface area contributed by atoms with Gasteiger partial charge >= 0.3 is 36.7 Å². The molecule has 14 N–H and O–H groups in total.